The molecular weight excluding hydrogens is 404 g/mol. The molecule has 1 aromatic carbocycles. The van der Waals surface area contributed by atoms with Gasteiger partial charge in [-0.25, -0.2) is 4.39 Å². The van der Waals surface area contributed by atoms with Gasteiger partial charge in [-0.1, -0.05) is 41.9 Å². The molecule has 1 aliphatic rings. The van der Waals surface area contributed by atoms with E-state index in [0.717, 1.165) is 0 Å². The normalized spacial score (nSPS) is 22.2. The van der Waals surface area contributed by atoms with Crippen molar-refractivity contribution >= 4 is 41.2 Å². The summed E-state index contributed by atoms with van der Waals surface area (Å²) in [7, 11) is 0. The maximum Gasteiger partial charge on any atom is 0.242 e. The average Bonchev–Trinajstić information content (AvgIpc) is 3.06. The minimum Gasteiger partial charge on any atom is -0.359 e. The van der Waals surface area contributed by atoms with E-state index in [1.54, 1.807) is 24.3 Å². The number of halogens is 3. The maximum absolute atomic E-state index is 14.8. The number of carbonyl (C=O) groups excluding carboxylic acids is 2. The first-order chi connectivity index (χ1) is 13.4. The van der Waals surface area contributed by atoms with Crippen molar-refractivity contribution < 1.29 is 14.0 Å². The van der Waals surface area contributed by atoms with Crippen LogP contribution in [0, 0.1) is 5.92 Å². The molecule has 0 aliphatic carbocycles. The van der Waals surface area contributed by atoms with Gasteiger partial charge in [-0.05, 0) is 43.2 Å². The highest BCUT2D eigenvalue weighted by Gasteiger charge is 2.40. The highest BCUT2D eigenvalue weighted by Crippen LogP contribution is 2.31. The molecule has 0 aromatic heterocycles. The molecule has 0 bridgehead atoms. The van der Waals surface area contributed by atoms with E-state index in [2.05, 4.69) is 22.5 Å². The molecule has 3 atom stereocenters. The summed E-state index contributed by atoms with van der Waals surface area (Å²) < 4.78 is 14.8. The number of amides is 2. The van der Waals surface area contributed by atoms with E-state index in [9.17, 15) is 14.0 Å². The van der Waals surface area contributed by atoms with Crippen molar-refractivity contribution in [2.24, 2.45) is 5.92 Å². The molecule has 1 aliphatic heterocycles. The summed E-state index contributed by atoms with van der Waals surface area (Å²) in [5.74, 6) is -1.43. The van der Waals surface area contributed by atoms with Crippen LogP contribution in [-0.2, 0) is 9.59 Å². The number of benzene rings is 1. The Bertz CT molecular complexity index is 782. The number of hydrogen-bond acceptors (Lipinski definition) is 3. The predicted molar refractivity (Wildman–Crippen MR) is 111 cm³/mol. The molecule has 28 heavy (non-hydrogen) atoms. The fourth-order valence-corrected chi connectivity index (χ4v) is 3.35. The van der Waals surface area contributed by atoms with Gasteiger partial charge in [0.1, 0.15) is 5.83 Å². The SMILES string of the molecule is C=C(Cl)/C=C\C=C(/F)C1C[C@H](CCNC=O)NC1C(=O)Nc1cccc(Cl)c1. The lowest BCUT2D eigenvalue weighted by atomic mass is 9.95. The molecule has 5 nitrogen and oxygen atoms in total. The Morgan fingerprint density at radius 1 is 1.43 bits per heavy atom. The van der Waals surface area contributed by atoms with Crippen molar-refractivity contribution in [3.05, 3.63) is 65.0 Å². The zero-order valence-electron chi connectivity index (χ0n) is 15.1. The summed E-state index contributed by atoms with van der Waals surface area (Å²) in [5.41, 5.74) is 0.534. The molecule has 1 saturated heterocycles. The molecule has 2 amide bonds. The molecule has 1 heterocycles. The summed E-state index contributed by atoms with van der Waals surface area (Å²) in [6.45, 7) is 3.94. The monoisotopic (exact) mass is 425 g/mol. The Hall–Kier alpha value is -2.15. The Morgan fingerprint density at radius 3 is 2.89 bits per heavy atom. The molecule has 8 heteroatoms. The number of nitrogens with one attached hydrogen (secondary N) is 3. The van der Waals surface area contributed by atoms with Crippen LogP contribution in [0.2, 0.25) is 5.02 Å². The van der Waals surface area contributed by atoms with Crippen LogP contribution in [0.4, 0.5) is 10.1 Å². The molecule has 2 unspecified atom stereocenters. The summed E-state index contributed by atoms with van der Waals surface area (Å²) in [4.78, 5) is 23.2. The van der Waals surface area contributed by atoms with Crippen LogP contribution in [0.3, 0.4) is 0 Å². The predicted octanol–water partition coefficient (Wildman–Crippen LogP) is 3.92. The van der Waals surface area contributed by atoms with E-state index in [4.69, 9.17) is 23.2 Å². The molecule has 0 radical (unpaired) electrons. The third-order valence-corrected chi connectivity index (χ3v) is 4.70. The number of anilines is 1. The van der Waals surface area contributed by atoms with Crippen molar-refractivity contribution in [2.45, 2.75) is 24.9 Å². The van der Waals surface area contributed by atoms with Gasteiger partial charge >= 0.3 is 0 Å². The van der Waals surface area contributed by atoms with E-state index in [-0.39, 0.29) is 17.0 Å². The Kier molecular flexibility index (Phi) is 8.70. The molecule has 0 saturated carbocycles. The van der Waals surface area contributed by atoms with E-state index < -0.39 is 17.8 Å². The van der Waals surface area contributed by atoms with Gasteiger partial charge in [0, 0.05) is 34.2 Å². The van der Waals surface area contributed by atoms with Gasteiger partial charge in [0.15, 0.2) is 0 Å². The molecule has 150 valence electrons. The van der Waals surface area contributed by atoms with Crippen LogP contribution in [0.5, 0.6) is 0 Å². The van der Waals surface area contributed by atoms with E-state index in [0.29, 0.717) is 36.5 Å². The lowest BCUT2D eigenvalue weighted by Crippen LogP contribution is -2.42. The van der Waals surface area contributed by atoms with Crippen molar-refractivity contribution in [3.63, 3.8) is 0 Å². The van der Waals surface area contributed by atoms with Crippen LogP contribution in [0.15, 0.2) is 59.9 Å². The molecule has 1 aromatic rings. The van der Waals surface area contributed by atoms with Crippen molar-refractivity contribution in [1.82, 2.24) is 10.6 Å². The van der Waals surface area contributed by atoms with Crippen LogP contribution >= 0.6 is 23.2 Å². The van der Waals surface area contributed by atoms with Crippen LogP contribution < -0.4 is 16.0 Å². The molecule has 1 fully saturated rings. The smallest absolute Gasteiger partial charge is 0.242 e. The van der Waals surface area contributed by atoms with Gasteiger partial charge in [-0.15, -0.1) is 0 Å². The standard InChI is InChI=1S/C20H22Cl2FN3O2/c1-13(21)4-2-7-18(23)17-11-16(8-9-24-12-27)25-19(17)20(28)26-15-6-3-5-14(22)10-15/h2-7,10,12,16-17,19,25H,1,8-9,11H2,(H,24,27)(H,26,28)/b4-2-,18-7-/t16-,17?,19?/m0/s1. The van der Waals surface area contributed by atoms with Crippen molar-refractivity contribution in [2.75, 3.05) is 11.9 Å². The zero-order chi connectivity index (χ0) is 20.5. The average molecular weight is 426 g/mol. The first-order valence-electron chi connectivity index (χ1n) is 8.78. The third-order valence-electron chi connectivity index (χ3n) is 4.34. The summed E-state index contributed by atoms with van der Waals surface area (Å²) in [5, 5.41) is 9.28. The molecule has 2 rings (SSSR count). The van der Waals surface area contributed by atoms with Crippen LogP contribution in [-0.4, -0.2) is 30.9 Å². The second-order valence-corrected chi connectivity index (χ2v) is 7.32. The first kappa shape index (κ1) is 22.1. The second kappa shape index (κ2) is 11.0. The van der Waals surface area contributed by atoms with E-state index in [1.165, 1.54) is 18.2 Å². The molecule has 0 spiro atoms. The largest absolute Gasteiger partial charge is 0.359 e. The third kappa shape index (κ3) is 6.78. The molecular formula is C20H22Cl2FN3O2. The second-order valence-electron chi connectivity index (χ2n) is 6.40. The minimum absolute atomic E-state index is 0.112. The lowest BCUT2D eigenvalue weighted by Gasteiger charge is -2.18. The first-order valence-corrected chi connectivity index (χ1v) is 9.54. The van der Waals surface area contributed by atoms with Gasteiger partial charge in [0.25, 0.3) is 0 Å². The van der Waals surface area contributed by atoms with Crippen LogP contribution in [0.1, 0.15) is 12.8 Å². The summed E-state index contributed by atoms with van der Waals surface area (Å²) in [6.07, 6.45) is 5.82. The van der Waals surface area contributed by atoms with Crippen molar-refractivity contribution in [1.29, 1.82) is 0 Å². The van der Waals surface area contributed by atoms with Gasteiger partial charge in [-0.2, -0.15) is 0 Å². The van der Waals surface area contributed by atoms with Crippen LogP contribution in [0.25, 0.3) is 0 Å². The Balaban J connectivity index is 2.14. The number of allylic oxidation sites excluding steroid dienone is 4. The fourth-order valence-electron chi connectivity index (χ4n) is 3.08. The minimum atomic E-state index is -0.760. The summed E-state index contributed by atoms with van der Waals surface area (Å²) >= 11 is 11.6. The summed E-state index contributed by atoms with van der Waals surface area (Å²) in [6, 6.07) is 5.87. The topological polar surface area (TPSA) is 70.2 Å². The highest BCUT2D eigenvalue weighted by molar-refractivity contribution is 6.31. The fraction of sp³-hybridized carbons (Fsp3) is 0.300. The highest BCUT2D eigenvalue weighted by atomic mass is 35.5. The molecule has 3 N–H and O–H groups in total. The quantitative estimate of drug-likeness (QED) is 0.319. The van der Waals surface area contributed by atoms with E-state index in [1.807, 2.05) is 0 Å². The number of carbonyl (C=O) groups is 2. The van der Waals surface area contributed by atoms with Crippen molar-refractivity contribution in [3.8, 4) is 0 Å². The maximum atomic E-state index is 14.8. The van der Waals surface area contributed by atoms with Gasteiger partial charge in [-0.3, -0.25) is 9.59 Å². The van der Waals surface area contributed by atoms with Gasteiger partial charge in [0.05, 0.1) is 6.04 Å². The van der Waals surface area contributed by atoms with E-state index >= 15 is 0 Å². The number of hydrogen-bond donors (Lipinski definition) is 3. The van der Waals surface area contributed by atoms with Gasteiger partial charge in [0.2, 0.25) is 12.3 Å². The Morgan fingerprint density at radius 2 is 2.21 bits per heavy atom. The van der Waals surface area contributed by atoms with Gasteiger partial charge < -0.3 is 16.0 Å². The zero-order valence-corrected chi connectivity index (χ0v) is 16.6. The lowest BCUT2D eigenvalue weighted by molar-refractivity contribution is -0.118. The number of rotatable bonds is 9. The Labute approximate surface area is 173 Å².